The van der Waals surface area contributed by atoms with Crippen molar-refractivity contribution >= 4 is 27.6 Å². The number of halogens is 2. The smallest absolute Gasteiger partial charge is 0.338 e. The number of amides is 1. The van der Waals surface area contributed by atoms with E-state index < -0.39 is 40.1 Å². The third-order valence-corrected chi connectivity index (χ3v) is 4.76. The molecule has 7 nitrogen and oxygen atoms in total. The lowest BCUT2D eigenvalue weighted by molar-refractivity contribution is -0.119. The van der Waals surface area contributed by atoms with Gasteiger partial charge in [0.1, 0.15) is 11.6 Å². The van der Waals surface area contributed by atoms with Crippen molar-refractivity contribution < 1.29 is 31.5 Å². The lowest BCUT2D eigenvalue weighted by Gasteiger charge is -2.09. The summed E-state index contributed by atoms with van der Waals surface area (Å²) in [6.07, 6.45) is 1.36. The third kappa shape index (κ3) is 5.69. The number of nitrogens with one attached hydrogen (secondary N) is 2. The molecular weight excluding hydrogens is 394 g/mol. The average molecular weight is 410 g/mol. The standard InChI is InChI=1S/C18H16F2N2O5S/c1-2-8-21-28(25,26)14-5-3-4-12(9-14)18(24)27-11-17(23)22-16-7-6-13(19)10-15(16)20/h2-7,9-10,21H,1,8,11H2,(H,22,23). The first kappa shape index (κ1) is 21.2. The van der Waals surface area contributed by atoms with Crippen LogP contribution in [-0.2, 0) is 19.6 Å². The summed E-state index contributed by atoms with van der Waals surface area (Å²) >= 11 is 0. The van der Waals surface area contributed by atoms with E-state index in [1.165, 1.54) is 24.3 Å². The van der Waals surface area contributed by atoms with Crippen molar-refractivity contribution in [1.82, 2.24) is 4.72 Å². The first-order valence-electron chi connectivity index (χ1n) is 7.85. The minimum Gasteiger partial charge on any atom is -0.452 e. The third-order valence-electron chi connectivity index (χ3n) is 3.34. The highest BCUT2D eigenvalue weighted by atomic mass is 32.2. The molecule has 0 heterocycles. The van der Waals surface area contributed by atoms with Crippen molar-refractivity contribution in [2.75, 3.05) is 18.5 Å². The molecule has 0 saturated heterocycles. The summed E-state index contributed by atoms with van der Waals surface area (Å²) < 4.78 is 57.5. The fraction of sp³-hybridized carbons (Fsp3) is 0.111. The number of carbonyl (C=O) groups excluding carboxylic acids is 2. The van der Waals surface area contributed by atoms with Crippen LogP contribution in [0.3, 0.4) is 0 Å². The van der Waals surface area contributed by atoms with Crippen molar-refractivity contribution in [3.8, 4) is 0 Å². The van der Waals surface area contributed by atoms with Crippen molar-refractivity contribution in [1.29, 1.82) is 0 Å². The molecule has 0 spiro atoms. The molecule has 0 fully saturated rings. The van der Waals surface area contributed by atoms with Gasteiger partial charge >= 0.3 is 5.97 Å². The van der Waals surface area contributed by atoms with E-state index >= 15 is 0 Å². The van der Waals surface area contributed by atoms with Crippen LogP contribution in [0.4, 0.5) is 14.5 Å². The van der Waals surface area contributed by atoms with Crippen LogP contribution in [0, 0.1) is 11.6 Å². The van der Waals surface area contributed by atoms with Gasteiger partial charge in [-0.25, -0.2) is 26.7 Å². The second-order valence-corrected chi connectivity index (χ2v) is 7.18. The number of rotatable bonds is 8. The van der Waals surface area contributed by atoms with Gasteiger partial charge in [-0.2, -0.15) is 0 Å². The normalized spacial score (nSPS) is 10.9. The van der Waals surface area contributed by atoms with E-state index in [9.17, 15) is 26.8 Å². The number of hydrogen-bond donors (Lipinski definition) is 2. The molecule has 0 unspecified atom stereocenters. The molecule has 2 N–H and O–H groups in total. The highest BCUT2D eigenvalue weighted by Gasteiger charge is 2.17. The van der Waals surface area contributed by atoms with Gasteiger partial charge in [0.15, 0.2) is 6.61 Å². The molecular formula is C18H16F2N2O5S. The second kappa shape index (κ2) is 9.20. The first-order chi connectivity index (χ1) is 13.2. The summed E-state index contributed by atoms with van der Waals surface area (Å²) in [5.74, 6) is -3.59. The zero-order valence-electron chi connectivity index (χ0n) is 14.4. The molecule has 0 saturated carbocycles. The zero-order chi connectivity index (χ0) is 20.7. The Morgan fingerprint density at radius 2 is 1.89 bits per heavy atom. The van der Waals surface area contributed by atoms with E-state index in [-0.39, 0.29) is 22.7 Å². The van der Waals surface area contributed by atoms with Gasteiger partial charge in [-0.1, -0.05) is 12.1 Å². The monoisotopic (exact) mass is 410 g/mol. The van der Waals surface area contributed by atoms with Gasteiger partial charge in [-0.15, -0.1) is 6.58 Å². The number of hydrogen-bond acceptors (Lipinski definition) is 5. The summed E-state index contributed by atoms with van der Waals surface area (Å²) in [6.45, 7) is 2.67. The van der Waals surface area contributed by atoms with Crippen LogP contribution in [0.2, 0.25) is 0 Å². The van der Waals surface area contributed by atoms with Gasteiger partial charge in [0.2, 0.25) is 10.0 Å². The van der Waals surface area contributed by atoms with E-state index in [2.05, 4.69) is 16.6 Å². The molecule has 0 radical (unpaired) electrons. The van der Waals surface area contributed by atoms with E-state index in [1.54, 1.807) is 0 Å². The topological polar surface area (TPSA) is 102 Å². The Hall–Kier alpha value is -3.11. The van der Waals surface area contributed by atoms with E-state index in [0.29, 0.717) is 6.07 Å². The maximum atomic E-state index is 13.5. The molecule has 0 aromatic heterocycles. The fourth-order valence-corrected chi connectivity index (χ4v) is 3.08. The highest BCUT2D eigenvalue weighted by Crippen LogP contribution is 2.15. The van der Waals surface area contributed by atoms with Crippen LogP contribution in [0.25, 0.3) is 0 Å². The minimum absolute atomic E-state index is 0.0110. The lowest BCUT2D eigenvalue weighted by atomic mass is 10.2. The van der Waals surface area contributed by atoms with Crippen LogP contribution in [0.5, 0.6) is 0 Å². The van der Waals surface area contributed by atoms with Crippen LogP contribution < -0.4 is 10.0 Å². The predicted octanol–water partition coefficient (Wildman–Crippen LogP) is 2.22. The lowest BCUT2D eigenvalue weighted by Crippen LogP contribution is -2.24. The molecule has 148 valence electrons. The number of anilines is 1. The van der Waals surface area contributed by atoms with Crippen LogP contribution in [0.15, 0.2) is 60.0 Å². The molecule has 2 aromatic carbocycles. The molecule has 2 aromatic rings. The summed E-state index contributed by atoms with van der Waals surface area (Å²) in [5.41, 5.74) is -0.369. The van der Waals surface area contributed by atoms with Crippen LogP contribution >= 0.6 is 0 Å². The zero-order valence-corrected chi connectivity index (χ0v) is 15.3. The summed E-state index contributed by atoms with van der Waals surface area (Å²) in [4.78, 5) is 23.6. The Balaban J connectivity index is 2.00. The van der Waals surface area contributed by atoms with Crippen LogP contribution in [-0.4, -0.2) is 33.4 Å². The van der Waals surface area contributed by atoms with Gasteiger partial charge < -0.3 is 10.1 Å². The molecule has 0 aliphatic heterocycles. The molecule has 28 heavy (non-hydrogen) atoms. The number of ether oxygens (including phenoxy) is 1. The minimum atomic E-state index is -3.84. The fourth-order valence-electron chi connectivity index (χ4n) is 2.03. The van der Waals surface area contributed by atoms with Gasteiger partial charge in [-0.3, -0.25) is 4.79 Å². The van der Waals surface area contributed by atoms with Crippen molar-refractivity contribution in [3.63, 3.8) is 0 Å². The van der Waals surface area contributed by atoms with E-state index in [1.807, 2.05) is 0 Å². The van der Waals surface area contributed by atoms with Crippen molar-refractivity contribution in [3.05, 3.63) is 72.3 Å². The summed E-state index contributed by atoms with van der Waals surface area (Å²) in [6, 6.07) is 7.59. The van der Waals surface area contributed by atoms with Crippen molar-refractivity contribution in [2.45, 2.75) is 4.90 Å². The largest absolute Gasteiger partial charge is 0.452 e. The molecule has 0 aliphatic rings. The number of carbonyl (C=O) groups is 2. The summed E-state index contributed by atoms with van der Waals surface area (Å²) in [7, 11) is -3.84. The maximum Gasteiger partial charge on any atom is 0.338 e. The molecule has 0 aliphatic carbocycles. The molecule has 2 rings (SSSR count). The highest BCUT2D eigenvalue weighted by molar-refractivity contribution is 7.89. The number of esters is 1. The van der Waals surface area contributed by atoms with E-state index in [0.717, 1.165) is 18.2 Å². The Morgan fingerprint density at radius 1 is 1.14 bits per heavy atom. The molecule has 10 heteroatoms. The second-order valence-electron chi connectivity index (χ2n) is 5.42. The quantitative estimate of drug-likeness (QED) is 0.513. The maximum absolute atomic E-state index is 13.5. The van der Waals surface area contributed by atoms with Crippen molar-refractivity contribution in [2.24, 2.45) is 0 Å². The Labute approximate surface area is 160 Å². The summed E-state index contributed by atoms with van der Waals surface area (Å²) in [5, 5.41) is 2.13. The molecule has 1 amide bonds. The van der Waals surface area contributed by atoms with Gasteiger partial charge in [-0.05, 0) is 30.3 Å². The number of benzene rings is 2. The number of sulfonamides is 1. The Morgan fingerprint density at radius 3 is 2.57 bits per heavy atom. The van der Waals surface area contributed by atoms with Gasteiger partial charge in [0, 0.05) is 12.6 Å². The average Bonchev–Trinajstić information content (AvgIpc) is 2.67. The first-order valence-corrected chi connectivity index (χ1v) is 9.34. The predicted molar refractivity (Wildman–Crippen MR) is 97.1 cm³/mol. The van der Waals surface area contributed by atoms with Gasteiger partial charge in [0.25, 0.3) is 5.91 Å². The van der Waals surface area contributed by atoms with Gasteiger partial charge in [0.05, 0.1) is 16.1 Å². The molecule has 0 atom stereocenters. The Bertz CT molecular complexity index is 1010. The SMILES string of the molecule is C=CCNS(=O)(=O)c1cccc(C(=O)OCC(=O)Nc2ccc(F)cc2F)c1. The molecule has 0 bridgehead atoms. The Kier molecular flexibility index (Phi) is 6.96. The van der Waals surface area contributed by atoms with E-state index in [4.69, 9.17) is 4.74 Å². The van der Waals surface area contributed by atoms with Crippen LogP contribution in [0.1, 0.15) is 10.4 Å².